The second-order valence-electron chi connectivity index (χ2n) is 5.22. The molecule has 1 aromatic carbocycles. The first kappa shape index (κ1) is 13.4. The van der Waals surface area contributed by atoms with E-state index in [1.807, 2.05) is 12.1 Å². The SMILES string of the molecule is NC(=O)C(NC(=O)C1CC1c1ccco1)c1ccccc1. The number of nitrogens with two attached hydrogens (primary N) is 1. The van der Waals surface area contributed by atoms with Gasteiger partial charge in [-0.2, -0.15) is 0 Å². The summed E-state index contributed by atoms with van der Waals surface area (Å²) >= 11 is 0. The molecule has 2 amide bonds. The highest BCUT2D eigenvalue weighted by atomic mass is 16.3. The normalized spacial score (nSPS) is 21.5. The van der Waals surface area contributed by atoms with E-state index >= 15 is 0 Å². The fourth-order valence-corrected chi connectivity index (χ4v) is 2.51. The Kier molecular flexibility index (Phi) is 3.48. The first-order valence-electron chi connectivity index (χ1n) is 6.85. The highest BCUT2D eigenvalue weighted by Crippen LogP contribution is 2.47. The summed E-state index contributed by atoms with van der Waals surface area (Å²) in [4.78, 5) is 23.8. The first-order chi connectivity index (χ1) is 10.2. The molecule has 1 aromatic heterocycles. The molecule has 1 heterocycles. The Morgan fingerprint density at radius 2 is 1.95 bits per heavy atom. The van der Waals surface area contributed by atoms with E-state index in [0.717, 1.165) is 12.2 Å². The van der Waals surface area contributed by atoms with Crippen molar-refractivity contribution in [2.45, 2.75) is 18.4 Å². The molecular weight excluding hydrogens is 268 g/mol. The lowest BCUT2D eigenvalue weighted by molar-refractivity contribution is -0.128. The highest BCUT2D eigenvalue weighted by molar-refractivity contribution is 5.90. The Labute approximate surface area is 122 Å². The van der Waals surface area contributed by atoms with Gasteiger partial charge in [0.15, 0.2) is 0 Å². The summed E-state index contributed by atoms with van der Waals surface area (Å²) in [7, 11) is 0. The van der Waals surface area contributed by atoms with Gasteiger partial charge in [0, 0.05) is 11.8 Å². The van der Waals surface area contributed by atoms with Gasteiger partial charge in [-0.3, -0.25) is 9.59 Å². The molecule has 3 rings (SSSR count). The van der Waals surface area contributed by atoms with Crippen LogP contribution in [0.25, 0.3) is 0 Å². The molecule has 2 aromatic rings. The van der Waals surface area contributed by atoms with Gasteiger partial charge >= 0.3 is 0 Å². The van der Waals surface area contributed by atoms with Gasteiger partial charge in [0.1, 0.15) is 11.8 Å². The van der Waals surface area contributed by atoms with E-state index in [0.29, 0.717) is 5.56 Å². The quantitative estimate of drug-likeness (QED) is 0.876. The zero-order valence-corrected chi connectivity index (χ0v) is 11.4. The van der Waals surface area contributed by atoms with Gasteiger partial charge in [0.25, 0.3) is 0 Å². The number of benzene rings is 1. The van der Waals surface area contributed by atoms with Crippen LogP contribution in [-0.2, 0) is 9.59 Å². The fraction of sp³-hybridized carbons (Fsp3) is 0.250. The van der Waals surface area contributed by atoms with Gasteiger partial charge in [-0.25, -0.2) is 0 Å². The van der Waals surface area contributed by atoms with E-state index in [2.05, 4.69) is 5.32 Å². The maximum Gasteiger partial charge on any atom is 0.244 e. The van der Waals surface area contributed by atoms with Gasteiger partial charge in [0.05, 0.1) is 6.26 Å². The monoisotopic (exact) mass is 284 g/mol. The van der Waals surface area contributed by atoms with Crippen molar-refractivity contribution in [1.82, 2.24) is 5.32 Å². The van der Waals surface area contributed by atoms with Crippen LogP contribution in [0.3, 0.4) is 0 Å². The molecule has 3 N–H and O–H groups in total. The standard InChI is InChI=1S/C16H16N2O3/c17-15(19)14(10-5-2-1-3-6-10)18-16(20)12-9-11(12)13-7-4-8-21-13/h1-8,11-12,14H,9H2,(H2,17,19)(H,18,20). The van der Waals surface area contributed by atoms with Crippen molar-refractivity contribution in [2.75, 3.05) is 0 Å². The molecule has 3 atom stereocenters. The Balaban J connectivity index is 1.67. The Hall–Kier alpha value is -2.56. The number of hydrogen-bond donors (Lipinski definition) is 2. The molecule has 0 aliphatic heterocycles. The predicted molar refractivity (Wildman–Crippen MR) is 76.1 cm³/mol. The second-order valence-corrected chi connectivity index (χ2v) is 5.22. The molecule has 108 valence electrons. The summed E-state index contributed by atoms with van der Waals surface area (Å²) < 4.78 is 5.30. The number of furan rings is 1. The number of primary amides is 1. The minimum Gasteiger partial charge on any atom is -0.469 e. The van der Waals surface area contributed by atoms with Crippen molar-refractivity contribution in [2.24, 2.45) is 11.7 Å². The van der Waals surface area contributed by atoms with Crippen LogP contribution in [0.15, 0.2) is 53.1 Å². The Bertz CT molecular complexity index is 637. The summed E-state index contributed by atoms with van der Waals surface area (Å²) in [6.45, 7) is 0. The van der Waals surface area contributed by atoms with E-state index in [-0.39, 0.29) is 17.7 Å². The van der Waals surface area contributed by atoms with E-state index in [1.165, 1.54) is 0 Å². The van der Waals surface area contributed by atoms with Crippen LogP contribution in [-0.4, -0.2) is 11.8 Å². The van der Waals surface area contributed by atoms with Crippen LogP contribution in [0.5, 0.6) is 0 Å². The summed E-state index contributed by atoms with van der Waals surface area (Å²) in [6.07, 6.45) is 2.33. The third-order valence-electron chi connectivity index (χ3n) is 3.74. The van der Waals surface area contributed by atoms with Crippen molar-refractivity contribution in [3.8, 4) is 0 Å². The average molecular weight is 284 g/mol. The maximum atomic E-state index is 12.2. The number of carbonyl (C=O) groups excluding carboxylic acids is 2. The smallest absolute Gasteiger partial charge is 0.244 e. The van der Waals surface area contributed by atoms with Crippen LogP contribution >= 0.6 is 0 Å². The van der Waals surface area contributed by atoms with Crippen molar-refractivity contribution in [3.63, 3.8) is 0 Å². The van der Waals surface area contributed by atoms with Crippen molar-refractivity contribution in [1.29, 1.82) is 0 Å². The van der Waals surface area contributed by atoms with Gasteiger partial charge in [0.2, 0.25) is 11.8 Å². The summed E-state index contributed by atoms with van der Waals surface area (Å²) in [5.41, 5.74) is 6.08. The third-order valence-corrected chi connectivity index (χ3v) is 3.74. The molecule has 0 spiro atoms. The number of rotatable bonds is 5. The molecule has 5 nitrogen and oxygen atoms in total. The van der Waals surface area contributed by atoms with Gasteiger partial charge in [-0.05, 0) is 24.1 Å². The first-order valence-corrected chi connectivity index (χ1v) is 6.85. The van der Waals surface area contributed by atoms with E-state index in [9.17, 15) is 9.59 Å². The van der Waals surface area contributed by atoms with Crippen molar-refractivity contribution < 1.29 is 14.0 Å². The van der Waals surface area contributed by atoms with Crippen LogP contribution in [0.1, 0.15) is 29.7 Å². The van der Waals surface area contributed by atoms with Crippen LogP contribution < -0.4 is 11.1 Å². The van der Waals surface area contributed by atoms with Crippen LogP contribution in [0.4, 0.5) is 0 Å². The summed E-state index contributed by atoms with van der Waals surface area (Å²) in [5.74, 6) is 0.0327. The fourth-order valence-electron chi connectivity index (χ4n) is 2.51. The van der Waals surface area contributed by atoms with Gasteiger partial charge < -0.3 is 15.5 Å². The molecule has 1 aliphatic carbocycles. The zero-order valence-electron chi connectivity index (χ0n) is 11.4. The van der Waals surface area contributed by atoms with Crippen molar-refractivity contribution in [3.05, 3.63) is 60.1 Å². The van der Waals surface area contributed by atoms with Crippen molar-refractivity contribution >= 4 is 11.8 Å². The Morgan fingerprint density at radius 3 is 2.57 bits per heavy atom. The third kappa shape index (κ3) is 2.81. The molecule has 0 saturated heterocycles. The molecule has 1 aliphatic rings. The lowest BCUT2D eigenvalue weighted by atomic mass is 10.1. The van der Waals surface area contributed by atoms with E-state index < -0.39 is 11.9 Å². The predicted octanol–water partition coefficient (Wildman–Crippen LogP) is 1.73. The van der Waals surface area contributed by atoms with Gasteiger partial charge in [-0.1, -0.05) is 30.3 Å². The highest BCUT2D eigenvalue weighted by Gasteiger charge is 2.46. The Morgan fingerprint density at radius 1 is 1.19 bits per heavy atom. The van der Waals surface area contributed by atoms with Crippen LogP contribution in [0, 0.1) is 5.92 Å². The second kappa shape index (κ2) is 5.44. The maximum absolute atomic E-state index is 12.2. The number of nitrogens with one attached hydrogen (secondary N) is 1. The topological polar surface area (TPSA) is 85.3 Å². The average Bonchev–Trinajstić information content (AvgIpc) is 3.11. The minimum atomic E-state index is -0.795. The molecule has 1 saturated carbocycles. The summed E-state index contributed by atoms with van der Waals surface area (Å²) in [6, 6.07) is 11.9. The molecule has 21 heavy (non-hydrogen) atoms. The zero-order chi connectivity index (χ0) is 14.8. The number of amides is 2. The largest absolute Gasteiger partial charge is 0.469 e. The number of hydrogen-bond acceptors (Lipinski definition) is 3. The van der Waals surface area contributed by atoms with Gasteiger partial charge in [-0.15, -0.1) is 0 Å². The van der Waals surface area contributed by atoms with Crippen LogP contribution in [0.2, 0.25) is 0 Å². The lowest BCUT2D eigenvalue weighted by Gasteiger charge is -2.15. The molecule has 0 radical (unpaired) electrons. The molecule has 1 fully saturated rings. The van der Waals surface area contributed by atoms with E-state index in [1.54, 1.807) is 36.6 Å². The van der Waals surface area contributed by atoms with E-state index in [4.69, 9.17) is 10.2 Å². The lowest BCUT2D eigenvalue weighted by Crippen LogP contribution is -2.38. The molecule has 0 bridgehead atoms. The number of carbonyl (C=O) groups is 2. The minimum absolute atomic E-state index is 0.101. The molecule has 3 unspecified atom stereocenters. The molecular formula is C16H16N2O3. The molecule has 5 heteroatoms. The summed E-state index contributed by atoms with van der Waals surface area (Å²) in [5, 5.41) is 2.73.